The lowest BCUT2D eigenvalue weighted by molar-refractivity contribution is 1.15. The van der Waals surface area contributed by atoms with Crippen LogP contribution in [0.15, 0.2) is 135 Å². The molecule has 0 radical (unpaired) electrons. The molecule has 0 amide bonds. The average Bonchev–Trinajstić information content (AvgIpc) is 3.06. The summed E-state index contributed by atoms with van der Waals surface area (Å²) in [7, 11) is -1.96. The third kappa shape index (κ3) is 3.52. The van der Waals surface area contributed by atoms with E-state index >= 15 is 0 Å². The van der Waals surface area contributed by atoms with Crippen molar-refractivity contribution in [2.45, 2.75) is 46.5 Å². The minimum atomic E-state index is -1.96. The number of anilines is 5. The fourth-order valence-corrected chi connectivity index (χ4v) is 13.6. The standard InChI is InChI=1S/C40H31BN2S2Si/c1-24-20-27-26-22-35-36(45-34-17-9-8-16-33(34)44-35)23-31(26)43(29-14-6-5-12-25(29)2)41-28-13-11-19-38-40(28)42(32(21-24)39(27)41)30-15-7-10-18-37(30)46(38,3)4/h5-23H,1-4H3. The van der Waals surface area contributed by atoms with Gasteiger partial charge in [0.1, 0.15) is 8.07 Å². The molecule has 0 N–H and O–H groups in total. The highest BCUT2D eigenvalue weighted by molar-refractivity contribution is 8.05. The van der Waals surface area contributed by atoms with Crippen LogP contribution in [0, 0.1) is 13.8 Å². The van der Waals surface area contributed by atoms with Crippen LogP contribution in [0.3, 0.4) is 0 Å². The number of fused-ring (bicyclic) bond motifs is 8. The van der Waals surface area contributed by atoms with Gasteiger partial charge in [-0.3, -0.25) is 0 Å². The third-order valence-corrected chi connectivity index (χ3v) is 16.5. The number of nitrogens with zero attached hydrogens (tertiary/aromatic N) is 2. The number of hydrogen-bond acceptors (Lipinski definition) is 4. The maximum atomic E-state index is 2.68. The predicted octanol–water partition coefficient (Wildman–Crippen LogP) is 8.76. The Morgan fingerprint density at radius 2 is 1.24 bits per heavy atom. The van der Waals surface area contributed by atoms with Crippen molar-refractivity contribution in [2.24, 2.45) is 0 Å². The third-order valence-electron chi connectivity index (χ3n) is 10.4. The summed E-state index contributed by atoms with van der Waals surface area (Å²) in [6, 6.07) is 44.0. The van der Waals surface area contributed by atoms with Crippen LogP contribution in [0.2, 0.25) is 13.1 Å². The van der Waals surface area contributed by atoms with E-state index < -0.39 is 8.07 Å². The number of para-hydroxylation sites is 3. The van der Waals surface area contributed by atoms with Crippen molar-refractivity contribution in [3.63, 3.8) is 0 Å². The second kappa shape index (κ2) is 9.48. The molecular weight excluding hydrogens is 611 g/mol. The second-order valence-electron chi connectivity index (χ2n) is 13.5. The summed E-state index contributed by atoms with van der Waals surface area (Å²) in [6.07, 6.45) is 0. The quantitative estimate of drug-likeness (QED) is 0.165. The van der Waals surface area contributed by atoms with E-state index in [2.05, 4.69) is 152 Å². The van der Waals surface area contributed by atoms with Crippen LogP contribution in [0.1, 0.15) is 11.1 Å². The Morgan fingerprint density at radius 3 is 2.02 bits per heavy atom. The van der Waals surface area contributed by atoms with Gasteiger partial charge in [0.2, 0.25) is 0 Å². The van der Waals surface area contributed by atoms with Crippen molar-refractivity contribution in [3.05, 3.63) is 126 Å². The Hall–Kier alpha value is -4.10. The summed E-state index contributed by atoms with van der Waals surface area (Å²) >= 11 is 3.82. The van der Waals surface area contributed by atoms with Crippen molar-refractivity contribution in [3.8, 4) is 11.1 Å². The monoisotopic (exact) mass is 642 g/mol. The van der Waals surface area contributed by atoms with E-state index in [0.29, 0.717) is 0 Å². The SMILES string of the molecule is Cc1cc2c3c(c1)N1c4ccccc4[Si](C)(C)c4cccc(c41)B3N(c1ccccc1C)c1cc3c(cc1-2)Sc1ccccc1S3. The molecule has 0 saturated heterocycles. The van der Waals surface area contributed by atoms with Gasteiger partial charge < -0.3 is 9.71 Å². The average molecular weight is 643 g/mol. The van der Waals surface area contributed by atoms with Crippen LogP contribution in [0.4, 0.5) is 28.4 Å². The first-order chi connectivity index (χ1) is 22.4. The van der Waals surface area contributed by atoms with Crippen LogP contribution < -0.4 is 31.0 Å². The maximum Gasteiger partial charge on any atom is 0.333 e. The molecule has 4 aliphatic heterocycles. The maximum absolute atomic E-state index is 2.68. The van der Waals surface area contributed by atoms with Crippen LogP contribution in [-0.2, 0) is 0 Å². The van der Waals surface area contributed by atoms with Gasteiger partial charge in [-0.25, -0.2) is 0 Å². The van der Waals surface area contributed by atoms with Gasteiger partial charge in [-0.2, -0.15) is 0 Å². The summed E-state index contributed by atoms with van der Waals surface area (Å²) < 4.78 is 0. The topological polar surface area (TPSA) is 6.48 Å². The Bertz CT molecular complexity index is 2310. The molecule has 0 unspecified atom stereocenters. The highest BCUT2D eigenvalue weighted by Gasteiger charge is 2.50. The van der Waals surface area contributed by atoms with Gasteiger partial charge >= 0.3 is 6.85 Å². The number of rotatable bonds is 1. The van der Waals surface area contributed by atoms with E-state index in [1.807, 2.05) is 23.5 Å². The van der Waals surface area contributed by atoms with E-state index in [9.17, 15) is 0 Å². The lowest BCUT2D eigenvalue weighted by Gasteiger charge is -2.50. The first-order valence-corrected chi connectivity index (χ1v) is 20.7. The molecule has 6 aromatic carbocycles. The smallest absolute Gasteiger partial charge is 0.333 e. The van der Waals surface area contributed by atoms with Gasteiger partial charge in [0.25, 0.3) is 0 Å². The molecule has 4 aliphatic rings. The summed E-state index contributed by atoms with van der Waals surface area (Å²) in [5, 5.41) is 3.04. The van der Waals surface area contributed by atoms with Crippen molar-refractivity contribution in [2.75, 3.05) is 9.71 Å². The number of aryl methyl sites for hydroxylation is 2. The first kappa shape index (κ1) is 27.1. The highest BCUT2D eigenvalue weighted by atomic mass is 32.2. The molecule has 10 rings (SSSR count). The largest absolute Gasteiger partial charge is 0.376 e. The Morgan fingerprint density at radius 1 is 0.565 bits per heavy atom. The number of hydrogen-bond donors (Lipinski definition) is 0. The van der Waals surface area contributed by atoms with Gasteiger partial charge in [0.15, 0.2) is 0 Å². The van der Waals surface area contributed by atoms with E-state index in [-0.39, 0.29) is 6.85 Å². The second-order valence-corrected chi connectivity index (χ2v) is 20.0. The van der Waals surface area contributed by atoms with E-state index in [1.54, 1.807) is 0 Å². The van der Waals surface area contributed by atoms with E-state index in [1.165, 1.54) is 91.6 Å². The minimum absolute atomic E-state index is 0.0621. The highest BCUT2D eigenvalue weighted by Crippen LogP contribution is 2.54. The number of benzene rings is 6. The molecule has 0 bridgehead atoms. The summed E-state index contributed by atoms with van der Waals surface area (Å²) in [5.41, 5.74) is 14.8. The molecule has 46 heavy (non-hydrogen) atoms. The summed E-state index contributed by atoms with van der Waals surface area (Å²) in [5.74, 6) is 0. The molecule has 0 aliphatic carbocycles. The minimum Gasteiger partial charge on any atom is -0.376 e. The predicted molar refractivity (Wildman–Crippen MR) is 201 cm³/mol. The Kier molecular flexibility index (Phi) is 5.57. The van der Waals surface area contributed by atoms with Crippen molar-refractivity contribution in [1.82, 2.24) is 0 Å². The first-order valence-electron chi connectivity index (χ1n) is 16.1. The van der Waals surface area contributed by atoms with Gasteiger partial charge in [-0.05, 0) is 94.3 Å². The Balaban J connectivity index is 1.33. The zero-order valence-electron chi connectivity index (χ0n) is 26.3. The van der Waals surface area contributed by atoms with Crippen molar-refractivity contribution < 1.29 is 0 Å². The van der Waals surface area contributed by atoms with Crippen LogP contribution in [0.25, 0.3) is 11.1 Å². The van der Waals surface area contributed by atoms with Crippen molar-refractivity contribution in [1.29, 1.82) is 0 Å². The Labute approximate surface area is 280 Å². The molecular formula is C40H31BN2S2Si. The molecule has 0 fully saturated rings. The molecule has 220 valence electrons. The molecule has 2 nitrogen and oxygen atoms in total. The van der Waals surface area contributed by atoms with Gasteiger partial charge in [-0.1, -0.05) is 109 Å². The molecule has 4 heterocycles. The molecule has 0 spiro atoms. The molecule has 0 atom stereocenters. The van der Waals surface area contributed by atoms with E-state index in [4.69, 9.17) is 0 Å². The molecule has 0 aromatic heterocycles. The fourth-order valence-electron chi connectivity index (χ4n) is 8.37. The van der Waals surface area contributed by atoms with Gasteiger partial charge in [0.05, 0.1) is 0 Å². The van der Waals surface area contributed by atoms with Crippen LogP contribution in [0.5, 0.6) is 0 Å². The fraction of sp³-hybridized carbons (Fsp3) is 0.100. The summed E-state index contributed by atoms with van der Waals surface area (Å²) in [6.45, 7) is 9.66. The lowest BCUT2D eigenvalue weighted by Crippen LogP contribution is -2.67. The van der Waals surface area contributed by atoms with Crippen LogP contribution >= 0.6 is 23.5 Å². The summed E-state index contributed by atoms with van der Waals surface area (Å²) in [4.78, 5) is 10.7. The zero-order valence-corrected chi connectivity index (χ0v) is 28.9. The molecule has 0 saturated carbocycles. The van der Waals surface area contributed by atoms with Crippen LogP contribution in [-0.4, -0.2) is 14.9 Å². The van der Waals surface area contributed by atoms with Crippen molar-refractivity contribution >= 4 is 88.2 Å². The molecule has 6 heteroatoms. The normalized spacial score (nSPS) is 15.7. The van der Waals surface area contributed by atoms with Gasteiger partial charge in [-0.15, -0.1) is 0 Å². The zero-order chi connectivity index (χ0) is 30.9. The van der Waals surface area contributed by atoms with E-state index in [0.717, 1.165) is 0 Å². The lowest BCUT2D eigenvalue weighted by atomic mass is 9.43. The molecule has 6 aromatic rings. The van der Waals surface area contributed by atoms with Gasteiger partial charge in [0, 0.05) is 53.6 Å².